The van der Waals surface area contributed by atoms with Crippen LogP contribution in [0, 0.1) is 15.9 Å². The third-order valence-corrected chi connectivity index (χ3v) is 5.42. The molecule has 30 heavy (non-hydrogen) atoms. The van der Waals surface area contributed by atoms with Crippen LogP contribution in [-0.4, -0.2) is 24.3 Å². The Morgan fingerprint density at radius 2 is 1.93 bits per heavy atom. The molecule has 2 aromatic heterocycles. The first-order valence-corrected chi connectivity index (χ1v) is 9.50. The van der Waals surface area contributed by atoms with E-state index in [1.165, 1.54) is 41.2 Å². The molecule has 0 N–H and O–H groups in total. The van der Waals surface area contributed by atoms with Crippen molar-refractivity contribution in [3.05, 3.63) is 92.0 Å². The molecule has 4 aromatic rings. The van der Waals surface area contributed by atoms with Gasteiger partial charge in [0, 0.05) is 17.8 Å². The molecule has 1 aliphatic carbocycles. The number of hydrogen-bond donors (Lipinski definition) is 0. The molecule has 0 radical (unpaired) electrons. The van der Waals surface area contributed by atoms with Gasteiger partial charge >= 0.3 is 0 Å². The summed E-state index contributed by atoms with van der Waals surface area (Å²) in [5.74, 6) is -0.314. The molecular weight excluding hydrogens is 389 g/mol. The Kier molecular flexibility index (Phi) is 4.16. The summed E-state index contributed by atoms with van der Waals surface area (Å²) >= 11 is 0. The normalized spacial score (nSPS) is 13.0. The van der Waals surface area contributed by atoms with Crippen molar-refractivity contribution >= 4 is 16.6 Å². The lowest BCUT2D eigenvalue weighted by Gasteiger charge is -2.07. The summed E-state index contributed by atoms with van der Waals surface area (Å²) in [6.07, 6.45) is 4.14. The second-order valence-electron chi connectivity index (χ2n) is 7.25. The van der Waals surface area contributed by atoms with E-state index >= 15 is 0 Å². The number of non-ortho nitro benzene ring substituents is 1. The predicted octanol–water partition coefficient (Wildman–Crippen LogP) is 3.17. The van der Waals surface area contributed by atoms with Crippen molar-refractivity contribution in [1.29, 1.82) is 0 Å². The number of hydrogen-bond acceptors (Lipinski definition) is 5. The van der Waals surface area contributed by atoms with Crippen molar-refractivity contribution in [3.8, 4) is 5.69 Å². The smallest absolute Gasteiger partial charge is 0.270 e. The number of rotatable bonds is 4. The number of nitrogens with zero attached hydrogens (tertiary/aromatic N) is 5. The Morgan fingerprint density at radius 1 is 1.13 bits per heavy atom. The molecule has 0 bridgehead atoms. The molecule has 0 atom stereocenters. The van der Waals surface area contributed by atoms with E-state index in [-0.39, 0.29) is 29.0 Å². The van der Waals surface area contributed by atoms with Gasteiger partial charge in [-0.15, -0.1) is 0 Å². The molecular formula is C21H16FN5O3. The SMILES string of the molecule is O=c1c2cc([N+](=O)[O-])ccc2ncn1Cc1nn(-c2ccc(F)cc2)c2c1CCC2. The van der Waals surface area contributed by atoms with E-state index in [0.29, 0.717) is 5.52 Å². The summed E-state index contributed by atoms with van der Waals surface area (Å²) in [6.45, 7) is 0.209. The first-order valence-electron chi connectivity index (χ1n) is 9.50. The van der Waals surface area contributed by atoms with E-state index in [2.05, 4.69) is 4.98 Å². The maximum absolute atomic E-state index is 13.3. The average Bonchev–Trinajstić information content (AvgIpc) is 3.34. The van der Waals surface area contributed by atoms with Gasteiger partial charge in [-0.2, -0.15) is 5.10 Å². The van der Waals surface area contributed by atoms with Gasteiger partial charge in [-0.3, -0.25) is 19.5 Å². The van der Waals surface area contributed by atoms with Crippen molar-refractivity contribution in [1.82, 2.24) is 19.3 Å². The Bertz CT molecular complexity index is 1360. The van der Waals surface area contributed by atoms with E-state index in [4.69, 9.17) is 5.10 Å². The molecule has 0 spiro atoms. The Morgan fingerprint density at radius 3 is 2.70 bits per heavy atom. The third-order valence-electron chi connectivity index (χ3n) is 5.42. The summed E-state index contributed by atoms with van der Waals surface area (Å²) in [7, 11) is 0. The lowest BCUT2D eigenvalue weighted by molar-refractivity contribution is -0.384. The maximum atomic E-state index is 13.3. The van der Waals surface area contributed by atoms with Crippen LogP contribution in [0.4, 0.5) is 10.1 Å². The summed E-state index contributed by atoms with van der Waals surface area (Å²) in [5, 5.41) is 15.9. The summed E-state index contributed by atoms with van der Waals surface area (Å²) < 4.78 is 16.5. The first-order chi connectivity index (χ1) is 14.5. The lowest BCUT2D eigenvalue weighted by atomic mass is 10.2. The summed E-state index contributed by atoms with van der Waals surface area (Å²) in [6, 6.07) is 10.2. The van der Waals surface area contributed by atoms with Crippen molar-refractivity contribution in [2.75, 3.05) is 0 Å². The number of nitro benzene ring substituents is 1. The zero-order chi connectivity index (χ0) is 20.8. The van der Waals surface area contributed by atoms with Crippen LogP contribution in [0.3, 0.4) is 0 Å². The number of fused-ring (bicyclic) bond motifs is 2. The monoisotopic (exact) mass is 405 g/mol. The van der Waals surface area contributed by atoms with E-state index < -0.39 is 4.92 Å². The molecule has 5 rings (SSSR count). The molecule has 9 heteroatoms. The molecule has 0 saturated carbocycles. The lowest BCUT2D eigenvalue weighted by Crippen LogP contribution is -2.22. The zero-order valence-electron chi connectivity index (χ0n) is 15.8. The fraction of sp³-hybridized carbons (Fsp3) is 0.190. The fourth-order valence-corrected chi connectivity index (χ4v) is 3.97. The molecule has 0 fully saturated rings. The van der Waals surface area contributed by atoms with E-state index in [9.17, 15) is 19.3 Å². The van der Waals surface area contributed by atoms with Crippen molar-refractivity contribution in [2.24, 2.45) is 0 Å². The van der Waals surface area contributed by atoms with Gasteiger partial charge in [0.25, 0.3) is 11.2 Å². The van der Waals surface area contributed by atoms with Crippen LogP contribution >= 0.6 is 0 Å². The number of benzene rings is 2. The zero-order valence-corrected chi connectivity index (χ0v) is 15.8. The van der Waals surface area contributed by atoms with Crippen molar-refractivity contribution in [3.63, 3.8) is 0 Å². The molecule has 1 aliphatic rings. The van der Waals surface area contributed by atoms with E-state index in [0.717, 1.165) is 41.9 Å². The van der Waals surface area contributed by atoms with Crippen LogP contribution < -0.4 is 5.56 Å². The Hall–Kier alpha value is -3.88. The van der Waals surface area contributed by atoms with Gasteiger partial charge in [-0.25, -0.2) is 14.1 Å². The van der Waals surface area contributed by atoms with Crippen LogP contribution in [0.5, 0.6) is 0 Å². The minimum atomic E-state index is -0.534. The van der Waals surface area contributed by atoms with Gasteiger partial charge in [0.05, 0.1) is 40.1 Å². The van der Waals surface area contributed by atoms with Gasteiger partial charge in [0.15, 0.2) is 0 Å². The largest absolute Gasteiger partial charge is 0.293 e. The molecule has 0 saturated heterocycles. The second-order valence-corrected chi connectivity index (χ2v) is 7.25. The highest BCUT2D eigenvalue weighted by Gasteiger charge is 2.24. The first kappa shape index (κ1) is 18.2. The van der Waals surface area contributed by atoms with E-state index in [1.807, 2.05) is 4.68 Å². The van der Waals surface area contributed by atoms with Crippen molar-refractivity contribution in [2.45, 2.75) is 25.8 Å². The van der Waals surface area contributed by atoms with Crippen molar-refractivity contribution < 1.29 is 9.31 Å². The predicted molar refractivity (Wildman–Crippen MR) is 107 cm³/mol. The van der Waals surface area contributed by atoms with Crippen LogP contribution in [0.1, 0.15) is 23.4 Å². The molecule has 150 valence electrons. The second kappa shape index (κ2) is 6.87. The molecule has 2 aromatic carbocycles. The minimum absolute atomic E-state index is 0.152. The highest BCUT2D eigenvalue weighted by atomic mass is 19.1. The number of halogens is 1. The standard InChI is InChI=1S/C21H16FN5O3/c22-13-4-6-14(7-5-13)26-20-3-1-2-16(20)19(24-26)11-25-12-23-18-9-8-15(27(29)30)10-17(18)21(25)28/h4-10,12H,1-3,11H2. The molecule has 2 heterocycles. The molecule has 0 unspecified atom stereocenters. The van der Waals surface area contributed by atoms with Gasteiger partial charge < -0.3 is 0 Å². The topological polar surface area (TPSA) is 95.8 Å². The third kappa shape index (κ3) is 2.95. The number of aromatic nitrogens is 4. The molecule has 0 amide bonds. The van der Waals surface area contributed by atoms with Gasteiger partial charge in [0.1, 0.15) is 5.82 Å². The van der Waals surface area contributed by atoms with Gasteiger partial charge in [0.2, 0.25) is 0 Å². The summed E-state index contributed by atoms with van der Waals surface area (Å²) in [5.41, 5.74) is 3.57. The molecule has 8 nitrogen and oxygen atoms in total. The Balaban J connectivity index is 1.58. The van der Waals surface area contributed by atoms with Crippen LogP contribution in [0.2, 0.25) is 0 Å². The summed E-state index contributed by atoms with van der Waals surface area (Å²) in [4.78, 5) is 27.7. The Labute approximate surface area is 169 Å². The minimum Gasteiger partial charge on any atom is -0.293 e. The van der Waals surface area contributed by atoms with Crippen LogP contribution in [0.25, 0.3) is 16.6 Å². The van der Waals surface area contributed by atoms with E-state index in [1.54, 1.807) is 12.1 Å². The molecule has 0 aliphatic heterocycles. The quantitative estimate of drug-likeness (QED) is 0.384. The highest BCUT2D eigenvalue weighted by Crippen LogP contribution is 2.28. The average molecular weight is 405 g/mol. The highest BCUT2D eigenvalue weighted by molar-refractivity contribution is 5.79. The van der Waals surface area contributed by atoms with Crippen LogP contribution in [-0.2, 0) is 19.4 Å². The fourth-order valence-electron chi connectivity index (χ4n) is 3.97. The van der Waals surface area contributed by atoms with Crippen LogP contribution in [0.15, 0.2) is 53.6 Å². The van der Waals surface area contributed by atoms with Gasteiger partial charge in [-0.05, 0) is 55.2 Å². The van der Waals surface area contributed by atoms with Gasteiger partial charge in [-0.1, -0.05) is 0 Å². The maximum Gasteiger partial charge on any atom is 0.270 e. The number of nitro groups is 1.